The molecule has 0 spiro atoms. The molecule has 2 rings (SSSR count). The molecule has 1 N–H and O–H groups in total. The summed E-state index contributed by atoms with van der Waals surface area (Å²) in [7, 11) is 0. The van der Waals surface area contributed by atoms with Crippen molar-refractivity contribution in [2.75, 3.05) is 11.9 Å². The summed E-state index contributed by atoms with van der Waals surface area (Å²) in [6.45, 7) is 3.11. The lowest BCUT2D eigenvalue weighted by Crippen LogP contribution is -2.22. The summed E-state index contributed by atoms with van der Waals surface area (Å²) < 4.78 is 4.87. The van der Waals surface area contributed by atoms with E-state index in [-0.39, 0.29) is 10.6 Å². The normalized spacial score (nSPS) is 10.2. The minimum atomic E-state index is -0.972. The molecule has 0 saturated heterocycles. The first kappa shape index (κ1) is 18.4. The number of para-hydroxylation sites is 1. The van der Waals surface area contributed by atoms with Crippen LogP contribution in [0.4, 0.5) is 11.4 Å². The predicted octanol–water partition coefficient (Wildman–Crippen LogP) is 3.66. The number of hydrogen-bond donors (Lipinski definition) is 1. The van der Waals surface area contributed by atoms with Crippen LogP contribution in [0.1, 0.15) is 21.5 Å². The van der Waals surface area contributed by atoms with Gasteiger partial charge in [0.25, 0.3) is 11.6 Å². The number of anilines is 1. The molecule has 0 fully saturated rings. The van der Waals surface area contributed by atoms with Gasteiger partial charge in [0, 0.05) is 16.8 Å². The highest BCUT2D eigenvalue weighted by Gasteiger charge is 2.22. The molecule has 0 aliphatic carbocycles. The number of nitrogens with zero attached hydrogens (tertiary/aromatic N) is 1. The molecule has 8 heteroatoms. The third kappa shape index (κ3) is 4.54. The number of nitro benzene ring substituents is 1. The summed E-state index contributed by atoms with van der Waals surface area (Å²) in [4.78, 5) is 34.3. The van der Waals surface area contributed by atoms with Crippen molar-refractivity contribution in [3.05, 3.63) is 68.2 Å². The van der Waals surface area contributed by atoms with Crippen molar-refractivity contribution in [2.45, 2.75) is 13.8 Å². The quantitative estimate of drug-likeness (QED) is 0.497. The van der Waals surface area contributed by atoms with Crippen molar-refractivity contribution in [2.24, 2.45) is 0 Å². The molecule has 0 aromatic heterocycles. The highest BCUT2D eigenvalue weighted by Crippen LogP contribution is 2.24. The maximum atomic E-state index is 12.0. The van der Waals surface area contributed by atoms with Gasteiger partial charge in [0.1, 0.15) is 5.56 Å². The zero-order valence-electron chi connectivity index (χ0n) is 13.5. The predicted molar refractivity (Wildman–Crippen MR) is 92.9 cm³/mol. The second-order valence-corrected chi connectivity index (χ2v) is 5.75. The summed E-state index contributed by atoms with van der Waals surface area (Å²) in [6.07, 6.45) is 0. The Morgan fingerprint density at radius 1 is 1.20 bits per heavy atom. The number of amides is 1. The van der Waals surface area contributed by atoms with Gasteiger partial charge in [-0.25, -0.2) is 4.79 Å². The fraction of sp³-hybridized carbons (Fsp3) is 0.176. The van der Waals surface area contributed by atoms with Crippen LogP contribution < -0.4 is 5.32 Å². The minimum Gasteiger partial charge on any atom is -0.452 e. The van der Waals surface area contributed by atoms with Gasteiger partial charge < -0.3 is 10.1 Å². The number of carbonyl (C=O) groups is 2. The van der Waals surface area contributed by atoms with E-state index in [0.29, 0.717) is 5.69 Å². The molecule has 0 radical (unpaired) electrons. The fourth-order valence-corrected chi connectivity index (χ4v) is 2.39. The molecule has 2 aromatic rings. The topological polar surface area (TPSA) is 98.5 Å². The van der Waals surface area contributed by atoms with E-state index >= 15 is 0 Å². The Hall–Kier alpha value is -2.93. The lowest BCUT2D eigenvalue weighted by molar-refractivity contribution is -0.385. The number of nitro groups is 1. The van der Waals surface area contributed by atoms with Gasteiger partial charge in [0.15, 0.2) is 6.61 Å². The third-order valence-corrected chi connectivity index (χ3v) is 3.69. The highest BCUT2D eigenvalue weighted by molar-refractivity contribution is 6.31. The number of halogens is 1. The molecule has 0 saturated carbocycles. The summed E-state index contributed by atoms with van der Waals surface area (Å²) in [5, 5.41) is 13.8. The average molecular weight is 363 g/mol. The van der Waals surface area contributed by atoms with E-state index in [9.17, 15) is 19.7 Å². The molecule has 0 bridgehead atoms. The Morgan fingerprint density at radius 2 is 1.84 bits per heavy atom. The summed E-state index contributed by atoms with van der Waals surface area (Å²) in [6, 6.07) is 9.11. The number of benzene rings is 2. The molecular weight excluding hydrogens is 348 g/mol. The number of esters is 1. The Labute approximate surface area is 148 Å². The zero-order chi connectivity index (χ0) is 18.6. The molecule has 2 aromatic carbocycles. The van der Waals surface area contributed by atoms with Crippen LogP contribution in [0.25, 0.3) is 0 Å². The van der Waals surface area contributed by atoms with Crippen LogP contribution in [-0.2, 0) is 9.53 Å². The van der Waals surface area contributed by atoms with Crippen molar-refractivity contribution in [1.29, 1.82) is 0 Å². The molecule has 7 nitrogen and oxygen atoms in total. The summed E-state index contributed by atoms with van der Waals surface area (Å²) in [5.74, 6) is -1.51. The van der Waals surface area contributed by atoms with Crippen LogP contribution in [0, 0.1) is 24.0 Å². The molecular formula is C17H15ClN2O5. The summed E-state index contributed by atoms with van der Waals surface area (Å²) >= 11 is 5.69. The Kier molecular flexibility index (Phi) is 5.71. The van der Waals surface area contributed by atoms with Crippen LogP contribution in [-0.4, -0.2) is 23.4 Å². The molecule has 0 unspecified atom stereocenters. The van der Waals surface area contributed by atoms with E-state index < -0.39 is 29.1 Å². The standard InChI is InChI=1S/C17H15ClN2O5/c1-10-4-3-5-11(2)16(10)19-15(21)9-25-17(22)13-7-6-12(18)8-14(13)20(23)24/h3-8H,9H2,1-2H3,(H,19,21). The molecule has 0 heterocycles. The van der Waals surface area contributed by atoms with Crippen LogP contribution in [0.15, 0.2) is 36.4 Å². The SMILES string of the molecule is Cc1cccc(C)c1NC(=O)COC(=O)c1ccc(Cl)cc1[N+](=O)[O-]. The number of nitrogens with one attached hydrogen (secondary N) is 1. The smallest absolute Gasteiger partial charge is 0.345 e. The molecule has 0 aliphatic rings. The average Bonchev–Trinajstić information content (AvgIpc) is 2.56. The maximum Gasteiger partial charge on any atom is 0.345 e. The van der Waals surface area contributed by atoms with Gasteiger partial charge >= 0.3 is 5.97 Å². The van der Waals surface area contributed by atoms with Crippen LogP contribution in [0.3, 0.4) is 0 Å². The van der Waals surface area contributed by atoms with E-state index in [1.54, 1.807) is 0 Å². The van der Waals surface area contributed by atoms with Gasteiger partial charge in [-0.2, -0.15) is 0 Å². The van der Waals surface area contributed by atoms with Gasteiger partial charge in [-0.3, -0.25) is 14.9 Å². The first-order valence-corrected chi connectivity index (χ1v) is 7.64. The lowest BCUT2D eigenvalue weighted by Gasteiger charge is -2.11. The lowest BCUT2D eigenvalue weighted by atomic mass is 10.1. The largest absolute Gasteiger partial charge is 0.452 e. The third-order valence-electron chi connectivity index (χ3n) is 3.46. The second-order valence-electron chi connectivity index (χ2n) is 5.31. The number of hydrogen-bond acceptors (Lipinski definition) is 5. The molecule has 0 aliphatic heterocycles. The first-order valence-electron chi connectivity index (χ1n) is 7.26. The Morgan fingerprint density at radius 3 is 2.44 bits per heavy atom. The minimum absolute atomic E-state index is 0.121. The van der Waals surface area contributed by atoms with Crippen molar-refractivity contribution >= 4 is 34.9 Å². The summed E-state index contributed by atoms with van der Waals surface area (Å²) in [5.41, 5.74) is 1.63. The van der Waals surface area contributed by atoms with Crippen molar-refractivity contribution in [1.82, 2.24) is 0 Å². The van der Waals surface area contributed by atoms with Gasteiger partial charge in [-0.05, 0) is 37.1 Å². The number of aryl methyl sites for hydroxylation is 2. The van der Waals surface area contributed by atoms with E-state index in [4.69, 9.17) is 16.3 Å². The molecule has 1 amide bonds. The second kappa shape index (κ2) is 7.76. The van der Waals surface area contributed by atoms with Crippen LogP contribution >= 0.6 is 11.6 Å². The zero-order valence-corrected chi connectivity index (χ0v) is 14.3. The van der Waals surface area contributed by atoms with Gasteiger partial charge in [-0.15, -0.1) is 0 Å². The van der Waals surface area contributed by atoms with E-state index in [1.165, 1.54) is 12.1 Å². The van der Waals surface area contributed by atoms with E-state index in [2.05, 4.69) is 5.32 Å². The molecule has 130 valence electrons. The van der Waals surface area contributed by atoms with Crippen molar-refractivity contribution < 1.29 is 19.2 Å². The molecule has 25 heavy (non-hydrogen) atoms. The maximum absolute atomic E-state index is 12.0. The van der Waals surface area contributed by atoms with Crippen molar-refractivity contribution in [3.63, 3.8) is 0 Å². The van der Waals surface area contributed by atoms with Crippen LogP contribution in [0.5, 0.6) is 0 Å². The van der Waals surface area contributed by atoms with Crippen molar-refractivity contribution in [3.8, 4) is 0 Å². The Bertz CT molecular complexity index is 831. The van der Waals surface area contributed by atoms with Gasteiger partial charge in [0.2, 0.25) is 0 Å². The van der Waals surface area contributed by atoms with Gasteiger partial charge in [0.05, 0.1) is 4.92 Å². The first-order chi connectivity index (χ1) is 11.8. The van der Waals surface area contributed by atoms with E-state index in [1.807, 2.05) is 32.0 Å². The van der Waals surface area contributed by atoms with E-state index in [0.717, 1.165) is 17.2 Å². The van der Waals surface area contributed by atoms with Crippen LogP contribution in [0.2, 0.25) is 5.02 Å². The monoisotopic (exact) mass is 362 g/mol. The fourth-order valence-electron chi connectivity index (χ4n) is 2.22. The highest BCUT2D eigenvalue weighted by atomic mass is 35.5. The number of carbonyl (C=O) groups excluding carboxylic acids is 2. The Balaban J connectivity index is 2.05. The number of rotatable bonds is 5. The van der Waals surface area contributed by atoms with Gasteiger partial charge in [-0.1, -0.05) is 29.8 Å². The molecule has 0 atom stereocenters. The number of ether oxygens (including phenoxy) is 1.